The van der Waals surface area contributed by atoms with Gasteiger partial charge in [-0.05, 0) is 62.4 Å². The summed E-state index contributed by atoms with van der Waals surface area (Å²) in [5, 5.41) is 15.8. The van der Waals surface area contributed by atoms with Crippen molar-refractivity contribution in [3.05, 3.63) is 59.9 Å². The van der Waals surface area contributed by atoms with Crippen LogP contribution in [-0.4, -0.2) is 50.0 Å². The molecular weight excluding hydrogens is 534 g/mol. The van der Waals surface area contributed by atoms with Crippen LogP contribution in [0.25, 0.3) is 0 Å². The second-order valence-electron chi connectivity index (χ2n) is 8.24. The number of ether oxygens (including phenoxy) is 1. The summed E-state index contributed by atoms with van der Waals surface area (Å²) in [6.45, 7) is 8.12. The first-order valence-electron chi connectivity index (χ1n) is 11.5. The number of anilines is 1. The van der Waals surface area contributed by atoms with Crippen LogP contribution in [0.5, 0.6) is 5.75 Å². The number of hydrogen-bond acceptors (Lipinski definition) is 4. The molecule has 8 heteroatoms. The second kappa shape index (κ2) is 14.2. The molecule has 3 rings (SSSR count). The van der Waals surface area contributed by atoms with E-state index in [0.717, 1.165) is 44.0 Å². The number of piperidine rings is 1. The Bertz CT molecular complexity index is 858. The van der Waals surface area contributed by atoms with Crippen molar-refractivity contribution < 1.29 is 14.2 Å². The van der Waals surface area contributed by atoms with Gasteiger partial charge in [-0.3, -0.25) is 0 Å². The summed E-state index contributed by atoms with van der Waals surface area (Å²) in [5.41, 5.74) is 2.36. The average molecular weight is 570 g/mol. The third-order valence-electron chi connectivity index (χ3n) is 5.63. The fraction of sp³-hybridized carbons (Fsp3) is 0.480. The maximum atomic E-state index is 13.3. The predicted molar refractivity (Wildman–Crippen MR) is 143 cm³/mol. The van der Waals surface area contributed by atoms with E-state index >= 15 is 0 Å². The van der Waals surface area contributed by atoms with E-state index in [1.54, 1.807) is 12.1 Å². The van der Waals surface area contributed by atoms with Gasteiger partial charge in [0.25, 0.3) is 0 Å². The summed E-state index contributed by atoms with van der Waals surface area (Å²) in [6.07, 6.45) is 1.94. The number of nitrogens with zero attached hydrogens (tertiary/aromatic N) is 2. The minimum atomic E-state index is -0.307. The number of guanidine groups is 1. The topological polar surface area (TPSA) is 69.1 Å². The summed E-state index contributed by atoms with van der Waals surface area (Å²) in [4.78, 5) is 7.06. The van der Waals surface area contributed by atoms with Gasteiger partial charge in [0.05, 0.1) is 13.1 Å². The number of nitrogens with one attached hydrogen (secondary N) is 2. The van der Waals surface area contributed by atoms with E-state index in [-0.39, 0.29) is 35.9 Å². The molecule has 0 bridgehead atoms. The van der Waals surface area contributed by atoms with Crippen molar-refractivity contribution in [3.8, 4) is 5.75 Å². The van der Waals surface area contributed by atoms with Crippen LogP contribution < -0.4 is 20.3 Å². The first kappa shape index (κ1) is 27.2. The largest absolute Gasteiger partial charge is 0.489 e. The van der Waals surface area contributed by atoms with E-state index in [2.05, 4.69) is 44.8 Å². The SMILES string of the molecule is CCNC(=NCc1ccc(N2CCC(CO)CC2)cc1)NCC(C)Oc1cccc(F)c1.I. The van der Waals surface area contributed by atoms with Crippen molar-refractivity contribution in [3.63, 3.8) is 0 Å². The molecule has 0 spiro atoms. The summed E-state index contributed by atoms with van der Waals surface area (Å²) >= 11 is 0. The number of aliphatic hydroxyl groups excluding tert-OH is 1. The van der Waals surface area contributed by atoms with E-state index in [0.29, 0.717) is 31.4 Å². The summed E-state index contributed by atoms with van der Waals surface area (Å²) in [5.74, 6) is 1.37. The summed E-state index contributed by atoms with van der Waals surface area (Å²) < 4.78 is 19.1. The fourth-order valence-corrected chi connectivity index (χ4v) is 3.75. The molecule has 1 fully saturated rings. The molecule has 182 valence electrons. The molecule has 1 unspecified atom stereocenters. The minimum absolute atomic E-state index is 0. The minimum Gasteiger partial charge on any atom is -0.489 e. The Balaban J connectivity index is 0.00000385. The normalized spacial score (nSPS) is 15.5. The van der Waals surface area contributed by atoms with E-state index in [4.69, 9.17) is 4.74 Å². The van der Waals surface area contributed by atoms with Crippen molar-refractivity contribution in [2.45, 2.75) is 39.3 Å². The third-order valence-corrected chi connectivity index (χ3v) is 5.63. The van der Waals surface area contributed by atoms with Gasteiger partial charge in [0.15, 0.2) is 5.96 Å². The molecule has 1 atom stereocenters. The van der Waals surface area contributed by atoms with Gasteiger partial charge in [-0.1, -0.05) is 18.2 Å². The Kier molecular flexibility index (Phi) is 11.7. The molecule has 2 aromatic carbocycles. The van der Waals surface area contributed by atoms with Gasteiger partial charge in [-0.2, -0.15) is 0 Å². The summed E-state index contributed by atoms with van der Waals surface area (Å²) in [6, 6.07) is 14.7. The maximum Gasteiger partial charge on any atom is 0.191 e. The lowest BCUT2D eigenvalue weighted by Crippen LogP contribution is -2.41. The van der Waals surface area contributed by atoms with Gasteiger partial charge in [-0.15, -0.1) is 24.0 Å². The van der Waals surface area contributed by atoms with Crippen LogP contribution in [0, 0.1) is 11.7 Å². The van der Waals surface area contributed by atoms with Gasteiger partial charge in [0.1, 0.15) is 17.7 Å². The smallest absolute Gasteiger partial charge is 0.191 e. The average Bonchev–Trinajstić information content (AvgIpc) is 2.81. The van der Waals surface area contributed by atoms with Crippen LogP contribution in [0.4, 0.5) is 10.1 Å². The molecule has 1 aliphatic rings. The lowest BCUT2D eigenvalue weighted by atomic mass is 9.97. The molecule has 1 heterocycles. The number of hydrogen-bond donors (Lipinski definition) is 3. The van der Waals surface area contributed by atoms with Crippen LogP contribution in [0.3, 0.4) is 0 Å². The zero-order valence-electron chi connectivity index (χ0n) is 19.5. The number of aliphatic imine (C=N–C) groups is 1. The highest BCUT2D eigenvalue weighted by molar-refractivity contribution is 14.0. The summed E-state index contributed by atoms with van der Waals surface area (Å²) in [7, 11) is 0. The van der Waals surface area contributed by atoms with Crippen molar-refractivity contribution in [1.82, 2.24) is 10.6 Å². The molecule has 33 heavy (non-hydrogen) atoms. The van der Waals surface area contributed by atoms with Crippen molar-refractivity contribution in [1.29, 1.82) is 0 Å². The molecule has 0 aliphatic carbocycles. The first-order valence-corrected chi connectivity index (χ1v) is 11.5. The highest BCUT2D eigenvalue weighted by Crippen LogP contribution is 2.23. The van der Waals surface area contributed by atoms with Gasteiger partial charge < -0.3 is 25.4 Å². The predicted octanol–water partition coefficient (Wildman–Crippen LogP) is 4.18. The number of rotatable bonds is 9. The second-order valence-corrected chi connectivity index (χ2v) is 8.24. The third kappa shape index (κ3) is 9.00. The Labute approximate surface area is 213 Å². The molecule has 0 aromatic heterocycles. The quantitative estimate of drug-likeness (QED) is 0.240. The lowest BCUT2D eigenvalue weighted by molar-refractivity contribution is 0.203. The van der Waals surface area contributed by atoms with Crippen molar-refractivity contribution in [2.24, 2.45) is 10.9 Å². The Morgan fingerprint density at radius 2 is 1.91 bits per heavy atom. The van der Waals surface area contributed by atoms with Crippen LogP contribution in [0.1, 0.15) is 32.3 Å². The highest BCUT2D eigenvalue weighted by atomic mass is 127. The van der Waals surface area contributed by atoms with Gasteiger partial charge in [-0.25, -0.2) is 9.38 Å². The van der Waals surface area contributed by atoms with Crippen LogP contribution >= 0.6 is 24.0 Å². The molecule has 0 radical (unpaired) electrons. The molecule has 3 N–H and O–H groups in total. The molecule has 0 saturated carbocycles. The van der Waals surface area contributed by atoms with Gasteiger partial charge in [0.2, 0.25) is 0 Å². The zero-order chi connectivity index (χ0) is 22.8. The zero-order valence-corrected chi connectivity index (χ0v) is 21.8. The number of aliphatic hydroxyl groups is 1. The van der Waals surface area contributed by atoms with Crippen LogP contribution in [0.15, 0.2) is 53.5 Å². The van der Waals surface area contributed by atoms with Crippen molar-refractivity contribution >= 4 is 35.6 Å². The molecule has 1 aliphatic heterocycles. The van der Waals surface area contributed by atoms with E-state index < -0.39 is 0 Å². The van der Waals surface area contributed by atoms with Crippen LogP contribution in [-0.2, 0) is 6.54 Å². The lowest BCUT2D eigenvalue weighted by Gasteiger charge is -2.32. The fourth-order valence-electron chi connectivity index (χ4n) is 3.75. The van der Waals surface area contributed by atoms with E-state index in [1.807, 2.05) is 13.8 Å². The number of benzene rings is 2. The molecule has 0 amide bonds. The number of halogens is 2. The molecular formula is C25H36FIN4O2. The molecule has 2 aromatic rings. The molecule has 6 nitrogen and oxygen atoms in total. The van der Waals surface area contributed by atoms with Gasteiger partial charge >= 0.3 is 0 Å². The Morgan fingerprint density at radius 1 is 1.18 bits per heavy atom. The standard InChI is InChI=1S/C25H35FN4O2.HI/c1-3-27-25(28-16-19(2)32-24-6-4-5-22(26)15-24)29-17-20-7-9-23(10-8-20)30-13-11-21(18-31)12-14-30;/h4-10,15,19,21,31H,3,11-14,16-18H2,1-2H3,(H2,27,28,29);1H. The van der Waals surface area contributed by atoms with E-state index in [1.165, 1.54) is 17.8 Å². The van der Waals surface area contributed by atoms with Gasteiger partial charge in [0, 0.05) is 38.0 Å². The highest BCUT2D eigenvalue weighted by Gasteiger charge is 2.18. The van der Waals surface area contributed by atoms with Crippen molar-refractivity contribution in [2.75, 3.05) is 37.7 Å². The Hall–Kier alpha value is -2.07. The first-order chi connectivity index (χ1) is 15.6. The molecule has 1 saturated heterocycles. The maximum absolute atomic E-state index is 13.3. The Morgan fingerprint density at radius 3 is 2.55 bits per heavy atom. The van der Waals surface area contributed by atoms with Crippen LogP contribution in [0.2, 0.25) is 0 Å². The van der Waals surface area contributed by atoms with E-state index in [9.17, 15) is 9.50 Å². The monoisotopic (exact) mass is 570 g/mol.